The zero-order valence-corrected chi connectivity index (χ0v) is 12.7. The van der Waals surface area contributed by atoms with Crippen LogP contribution >= 0.6 is 0 Å². The number of nitrogens with zero attached hydrogens (tertiary/aromatic N) is 1. The van der Waals surface area contributed by atoms with Crippen LogP contribution in [-0.2, 0) is 9.59 Å². The Balaban J connectivity index is 1.71. The second-order valence-electron chi connectivity index (χ2n) is 6.33. The molecule has 2 fully saturated rings. The molecule has 1 saturated carbocycles. The van der Waals surface area contributed by atoms with E-state index in [9.17, 15) is 9.59 Å². The molecule has 3 rings (SSSR count). The number of piperidine rings is 1. The van der Waals surface area contributed by atoms with Gasteiger partial charge in [0, 0.05) is 12.6 Å². The average Bonchev–Trinajstić information content (AvgIpc) is 3.32. The Morgan fingerprint density at radius 2 is 1.91 bits per heavy atom. The van der Waals surface area contributed by atoms with Crippen molar-refractivity contribution in [2.45, 2.75) is 37.8 Å². The Hall–Kier alpha value is -1.88. The van der Waals surface area contributed by atoms with Crippen LogP contribution in [0.3, 0.4) is 0 Å². The molecule has 5 heteroatoms. The molecule has 1 heterocycles. The first-order valence-corrected chi connectivity index (χ1v) is 8.04. The van der Waals surface area contributed by atoms with Crippen LogP contribution in [0, 0.1) is 5.92 Å². The van der Waals surface area contributed by atoms with Crippen molar-refractivity contribution >= 4 is 11.8 Å². The van der Waals surface area contributed by atoms with E-state index in [2.05, 4.69) is 10.2 Å². The highest BCUT2D eigenvalue weighted by atomic mass is 16.2. The van der Waals surface area contributed by atoms with Gasteiger partial charge in [-0.05, 0) is 37.8 Å². The predicted octanol–water partition coefficient (Wildman–Crippen LogP) is 1.20. The number of hydrogen-bond acceptors (Lipinski definition) is 3. The van der Waals surface area contributed by atoms with Crippen LogP contribution in [0.2, 0.25) is 0 Å². The van der Waals surface area contributed by atoms with Crippen molar-refractivity contribution < 1.29 is 9.59 Å². The molecule has 118 valence electrons. The van der Waals surface area contributed by atoms with E-state index in [0.29, 0.717) is 12.6 Å². The molecule has 2 aliphatic rings. The normalized spacial score (nSPS) is 23.7. The fourth-order valence-corrected chi connectivity index (χ4v) is 3.19. The third-order valence-corrected chi connectivity index (χ3v) is 4.50. The standard InChI is InChI=1S/C17H23N3O2/c18-16(21)15(12-5-2-1-3-6-12)20-10-4-7-13(11-20)17(22)19-14-8-9-14/h1-3,5-6,13-15H,4,7-11H2,(H2,18,21)(H,19,22)/t13-,15+/m0/s1. The molecule has 0 unspecified atom stereocenters. The molecule has 3 N–H and O–H groups in total. The van der Waals surface area contributed by atoms with Gasteiger partial charge in [-0.15, -0.1) is 0 Å². The number of primary amides is 1. The van der Waals surface area contributed by atoms with Gasteiger partial charge in [0.1, 0.15) is 6.04 Å². The number of likely N-dealkylation sites (tertiary alicyclic amines) is 1. The van der Waals surface area contributed by atoms with Crippen LogP contribution in [0.5, 0.6) is 0 Å². The van der Waals surface area contributed by atoms with Crippen molar-refractivity contribution in [3.8, 4) is 0 Å². The molecule has 5 nitrogen and oxygen atoms in total. The van der Waals surface area contributed by atoms with E-state index >= 15 is 0 Å². The summed E-state index contributed by atoms with van der Waals surface area (Å²) in [5.74, 6) is -0.266. The monoisotopic (exact) mass is 301 g/mol. The van der Waals surface area contributed by atoms with Crippen molar-refractivity contribution in [3.05, 3.63) is 35.9 Å². The second kappa shape index (κ2) is 6.48. The summed E-state index contributed by atoms with van der Waals surface area (Å²) in [6, 6.07) is 9.51. The summed E-state index contributed by atoms with van der Waals surface area (Å²) in [4.78, 5) is 26.3. The third kappa shape index (κ3) is 3.47. The highest BCUT2D eigenvalue weighted by Gasteiger charge is 2.34. The molecule has 1 aromatic rings. The summed E-state index contributed by atoms with van der Waals surface area (Å²) >= 11 is 0. The van der Waals surface area contributed by atoms with E-state index in [1.165, 1.54) is 0 Å². The minimum absolute atomic E-state index is 0.0417. The minimum atomic E-state index is -0.447. The van der Waals surface area contributed by atoms with Crippen molar-refractivity contribution in [2.24, 2.45) is 11.7 Å². The molecule has 1 aliphatic carbocycles. The zero-order chi connectivity index (χ0) is 15.5. The van der Waals surface area contributed by atoms with Crippen molar-refractivity contribution in [1.29, 1.82) is 0 Å². The quantitative estimate of drug-likeness (QED) is 0.858. The van der Waals surface area contributed by atoms with Gasteiger partial charge >= 0.3 is 0 Å². The summed E-state index contributed by atoms with van der Waals surface area (Å²) in [6.45, 7) is 1.40. The number of nitrogens with one attached hydrogen (secondary N) is 1. The van der Waals surface area contributed by atoms with E-state index in [4.69, 9.17) is 5.73 Å². The Bertz CT molecular complexity index is 542. The van der Waals surface area contributed by atoms with Gasteiger partial charge in [0.2, 0.25) is 11.8 Å². The van der Waals surface area contributed by atoms with Crippen LogP contribution in [0.4, 0.5) is 0 Å². The number of amides is 2. The first-order valence-electron chi connectivity index (χ1n) is 8.04. The maximum atomic E-state index is 12.3. The Morgan fingerprint density at radius 3 is 2.55 bits per heavy atom. The molecule has 1 aromatic carbocycles. The van der Waals surface area contributed by atoms with Crippen LogP contribution < -0.4 is 11.1 Å². The molecule has 0 bridgehead atoms. The number of nitrogens with two attached hydrogens (primary N) is 1. The number of hydrogen-bond donors (Lipinski definition) is 2. The van der Waals surface area contributed by atoms with Crippen molar-refractivity contribution in [1.82, 2.24) is 10.2 Å². The van der Waals surface area contributed by atoms with Gasteiger partial charge in [-0.1, -0.05) is 30.3 Å². The fraction of sp³-hybridized carbons (Fsp3) is 0.529. The van der Waals surface area contributed by atoms with Crippen LogP contribution in [0.1, 0.15) is 37.3 Å². The summed E-state index contributed by atoms with van der Waals surface area (Å²) < 4.78 is 0. The predicted molar refractivity (Wildman–Crippen MR) is 83.8 cm³/mol. The molecule has 1 saturated heterocycles. The molecule has 2 atom stereocenters. The fourth-order valence-electron chi connectivity index (χ4n) is 3.19. The third-order valence-electron chi connectivity index (χ3n) is 4.50. The molecule has 22 heavy (non-hydrogen) atoms. The van der Waals surface area contributed by atoms with Crippen molar-refractivity contribution in [3.63, 3.8) is 0 Å². The lowest BCUT2D eigenvalue weighted by atomic mass is 9.93. The summed E-state index contributed by atoms with van der Waals surface area (Å²) in [7, 11) is 0. The Kier molecular flexibility index (Phi) is 4.43. The summed E-state index contributed by atoms with van der Waals surface area (Å²) in [6.07, 6.45) is 3.99. The van der Waals surface area contributed by atoms with Gasteiger partial charge in [0.25, 0.3) is 0 Å². The van der Waals surface area contributed by atoms with Gasteiger partial charge in [-0.2, -0.15) is 0 Å². The first-order chi connectivity index (χ1) is 10.6. The van der Waals surface area contributed by atoms with Crippen molar-refractivity contribution in [2.75, 3.05) is 13.1 Å². The topological polar surface area (TPSA) is 75.4 Å². The van der Waals surface area contributed by atoms with E-state index in [1.807, 2.05) is 30.3 Å². The van der Waals surface area contributed by atoms with Gasteiger partial charge in [0.05, 0.1) is 5.92 Å². The number of carbonyl (C=O) groups is 2. The maximum Gasteiger partial charge on any atom is 0.239 e. The molecular formula is C17H23N3O2. The lowest BCUT2D eigenvalue weighted by Gasteiger charge is -2.36. The lowest BCUT2D eigenvalue weighted by Crippen LogP contribution is -2.47. The van der Waals surface area contributed by atoms with Gasteiger partial charge < -0.3 is 11.1 Å². The van der Waals surface area contributed by atoms with Gasteiger partial charge in [-0.3, -0.25) is 14.5 Å². The molecule has 0 aromatic heterocycles. The van der Waals surface area contributed by atoms with Gasteiger partial charge in [-0.25, -0.2) is 0 Å². The SMILES string of the molecule is NC(=O)[C@@H](c1ccccc1)N1CCC[C@H](C(=O)NC2CC2)C1. The van der Waals surface area contributed by atoms with Crippen LogP contribution in [-0.4, -0.2) is 35.8 Å². The van der Waals surface area contributed by atoms with Crippen LogP contribution in [0.15, 0.2) is 30.3 Å². The largest absolute Gasteiger partial charge is 0.368 e. The molecule has 2 amide bonds. The molecule has 0 radical (unpaired) electrons. The Labute approximate surface area is 130 Å². The number of rotatable bonds is 5. The zero-order valence-electron chi connectivity index (χ0n) is 12.7. The van der Waals surface area contributed by atoms with E-state index in [1.54, 1.807) is 0 Å². The average molecular weight is 301 g/mol. The van der Waals surface area contributed by atoms with Crippen LogP contribution in [0.25, 0.3) is 0 Å². The Morgan fingerprint density at radius 1 is 1.18 bits per heavy atom. The smallest absolute Gasteiger partial charge is 0.239 e. The number of carbonyl (C=O) groups excluding carboxylic acids is 2. The van der Waals surface area contributed by atoms with E-state index in [0.717, 1.165) is 37.8 Å². The molecular weight excluding hydrogens is 278 g/mol. The van der Waals surface area contributed by atoms with E-state index in [-0.39, 0.29) is 17.7 Å². The highest BCUT2D eigenvalue weighted by Crippen LogP contribution is 2.28. The lowest BCUT2D eigenvalue weighted by molar-refractivity contribution is -0.130. The molecule has 0 spiro atoms. The van der Waals surface area contributed by atoms with E-state index < -0.39 is 6.04 Å². The molecule has 1 aliphatic heterocycles. The highest BCUT2D eigenvalue weighted by molar-refractivity contribution is 5.82. The minimum Gasteiger partial charge on any atom is -0.368 e. The second-order valence-corrected chi connectivity index (χ2v) is 6.33. The first kappa shape index (κ1) is 15.0. The summed E-state index contributed by atoms with van der Waals surface area (Å²) in [5.41, 5.74) is 6.53. The summed E-state index contributed by atoms with van der Waals surface area (Å²) in [5, 5.41) is 3.07. The van der Waals surface area contributed by atoms with Gasteiger partial charge in [0.15, 0.2) is 0 Å². The maximum absolute atomic E-state index is 12.3. The number of benzene rings is 1.